The van der Waals surface area contributed by atoms with Crippen LogP contribution in [0.3, 0.4) is 0 Å². The van der Waals surface area contributed by atoms with Crippen molar-refractivity contribution in [1.82, 2.24) is 0 Å². The molecule has 3 rings (SSSR count). The van der Waals surface area contributed by atoms with Crippen molar-refractivity contribution < 1.29 is 33.3 Å². The van der Waals surface area contributed by atoms with Gasteiger partial charge in [-0.3, -0.25) is 9.59 Å². The Hall–Kier alpha value is -3.19. The third-order valence-corrected chi connectivity index (χ3v) is 5.07. The first-order chi connectivity index (χ1) is 15.4. The Labute approximate surface area is 187 Å². The van der Waals surface area contributed by atoms with Crippen LogP contribution in [-0.4, -0.2) is 48.4 Å². The molecule has 7 heteroatoms. The maximum absolute atomic E-state index is 11.7. The fourth-order valence-electron chi connectivity index (χ4n) is 3.73. The number of ether oxygens (including phenoxy) is 4. The zero-order chi connectivity index (χ0) is 22.9. The van der Waals surface area contributed by atoms with Crippen molar-refractivity contribution in [2.24, 2.45) is 0 Å². The number of esters is 3. The van der Waals surface area contributed by atoms with Crippen molar-refractivity contribution in [2.75, 3.05) is 0 Å². The topological polar surface area (TPSA) is 88.1 Å². The lowest BCUT2D eigenvalue weighted by Crippen LogP contribution is -2.51. The lowest BCUT2D eigenvalue weighted by molar-refractivity contribution is -0.198. The Kier molecular flexibility index (Phi) is 8.39. The van der Waals surface area contributed by atoms with Crippen LogP contribution in [0.4, 0.5) is 0 Å². The molecule has 2 aliphatic heterocycles. The van der Waals surface area contributed by atoms with Gasteiger partial charge in [-0.15, -0.1) is 0 Å². The summed E-state index contributed by atoms with van der Waals surface area (Å²) in [4.78, 5) is 34.8. The molecule has 5 unspecified atom stereocenters. The van der Waals surface area contributed by atoms with Gasteiger partial charge in [-0.25, -0.2) is 4.79 Å². The standard InChI is InChI=1S/C25H28O7/c1-17(26)29-23-16-21(12-6-10-20-11-7-13-24(28)32-20)31-22(25(23)30-18(2)27)15-14-19-8-4-3-5-9-19/h3-10,13-15,20-23,25H,11-12,16H2,1-2H3. The summed E-state index contributed by atoms with van der Waals surface area (Å²) in [7, 11) is 0. The summed E-state index contributed by atoms with van der Waals surface area (Å²) in [5.41, 5.74) is 0.968. The number of hydrogen-bond donors (Lipinski definition) is 0. The van der Waals surface area contributed by atoms with Crippen molar-refractivity contribution in [3.63, 3.8) is 0 Å². The van der Waals surface area contributed by atoms with Crippen LogP contribution in [0, 0.1) is 0 Å². The molecule has 32 heavy (non-hydrogen) atoms. The average Bonchev–Trinajstić information content (AvgIpc) is 2.74. The first-order valence-electron chi connectivity index (χ1n) is 10.7. The summed E-state index contributed by atoms with van der Waals surface area (Å²) in [5, 5.41) is 0. The second-order valence-electron chi connectivity index (χ2n) is 7.73. The van der Waals surface area contributed by atoms with Crippen molar-refractivity contribution in [2.45, 2.75) is 63.6 Å². The normalized spacial score (nSPS) is 27.9. The average molecular weight is 440 g/mol. The Morgan fingerprint density at radius 2 is 1.84 bits per heavy atom. The second-order valence-corrected chi connectivity index (χ2v) is 7.73. The molecule has 0 aromatic heterocycles. The van der Waals surface area contributed by atoms with Crippen molar-refractivity contribution >= 4 is 24.0 Å². The van der Waals surface area contributed by atoms with E-state index in [0.29, 0.717) is 19.3 Å². The zero-order valence-corrected chi connectivity index (χ0v) is 18.2. The van der Waals surface area contributed by atoms with E-state index in [1.807, 2.05) is 54.6 Å². The van der Waals surface area contributed by atoms with Crippen LogP contribution in [0.25, 0.3) is 6.08 Å². The summed E-state index contributed by atoms with van der Waals surface area (Å²) in [6, 6.07) is 9.67. The number of carbonyl (C=O) groups excluding carboxylic acids is 3. The summed E-state index contributed by atoms with van der Waals surface area (Å²) >= 11 is 0. The highest BCUT2D eigenvalue weighted by Gasteiger charge is 2.41. The van der Waals surface area contributed by atoms with E-state index in [9.17, 15) is 14.4 Å². The number of hydrogen-bond acceptors (Lipinski definition) is 7. The quantitative estimate of drug-likeness (QED) is 0.364. The van der Waals surface area contributed by atoms with E-state index in [-0.39, 0.29) is 18.2 Å². The van der Waals surface area contributed by atoms with Gasteiger partial charge in [-0.05, 0) is 18.1 Å². The zero-order valence-electron chi connectivity index (χ0n) is 18.2. The van der Waals surface area contributed by atoms with Crippen LogP contribution in [0.15, 0.2) is 60.7 Å². The molecule has 0 saturated carbocycles. The molecule has 0 amide bonds. The van der Waals surface area contributed by atoms with Gasteiger partial charge in [0.05, 0.1) is 6.10 Å². The van der Waals surface area contributed by atoms with E-state index < -0.39 is 30.3 Å². The van der Waals surface area contributed by atoms with Crippen molar-refractivity contribution in [3.8, 4) is 0 Å². The predicted octanol–water partition coefficient (Wildman–Crippen LogP) is 3.54. The smallest absolute Gasteiger partial charge is 0.331 e. The van der Waals surface area contributed by atoms with E-state index in [1.54, 1.807) is 6.08 Å². The Morgan fingerprint density at radius 1 is 1.09 bits per heavy atom. The summed E-state index contributed by atoms with van der Waals surface area (Å²) < 4.78 is 22.4. The number of rotatable bonds is 7. The molecule has 5 atom stereocenters. The van der Waals surface area contributed by atoms with E-state index in [2.05, 4.69) is 0 Å². The van der Waals surface area contributed by atoms with Gasteiger partial charge in [0.1, 0.15) is 18.3 Å². The molecule has 0 radical (unpaired) electrons. The van der Waals surface area contributed by atoms with Gasteiger partial charge >= 0.3 is 17.9 Å². The summed E-state index contributed by atoms with van der Waals surface area (Å²) in [6.45, 7) is 2.65. The predicted molar refractivity (Wildman–Crippen MR) is 117 cm³/mol. The largest absolute Gasteiger partial charge is 0.458 e. The van der Waals surface area contributed by atoms with Gasteiger partial charge in [0.25, 0.3) is 0 Å². The minimum Gasteiger partial charge on any atom is -0.458 e. The molecule has 1 saturated heterocycles. The first-order valence-corrected chi connectivity index (χ1v) is 10.7. The Morgan fingerprint density at radius 3 is 2.53 bits per heavy atom. The SMILES string of the molecule is CC(=O)OC1CC(CC=CC2CC=CC(=O)O2)OC(C=Cc2ccccc2)C1OC(C)=O. The molecule has 0 aliphatic carbocycles. The van der Waals surface area contributed by atoms with Crippen LogP contribution >= 0.6 is 0 Å². The second kappa shape index (κ2) is 11.4. The fourth-order valence-corrected chi connectivity index (χ4v) is 3.73. The maximum atomic E-state index is 11.7. The molecule has 1 fully saturated rings. The maximum Gasteiger partial charge on any atom is 0.331 e. The number of cyclic esters (lactones) is 1. The van der Waals surface area contributed by atoms with Gasteiger partial charge < -0.3 is 18.9 Å². The molecule has 170 valence electrons. The van der Waals surface area contributed by atoms with Gasteiger partial charge in [0.15, 0.2) is 6.10 Å². The van der Waals surface area contributed by atoms with E-state index in [0.717, 1.165) is 5.56 Å². The molecule has 0 bridgehead atoms. The monoisotopic (exact) mass is 440 g/mol. The number of carbonyl (C=O) groups is 3. The van der Waals surface area contributed by atoms with E-state index >= 15 is 0 Å². The molecule has 2 heterocycles. The molecule has 7 nitrogen and oxygen atoms in total. The van der Waals surface area contributed by atoms with Crippen molar-refractivity contribution in [3.05, 3.63) is 66.3 Å². The van der Waals surface area contributed by atoms with Gasteiger partial charge in [0, 0.05) is 32.8 Å². The highest BCUT2D eigenvalue weighted by molar-refractivity contribution is 5.82. The van der Waals surface area contributed by atoms with E-state index in [4.69, 9.17) is 18.9 Å². The molecular formula is C25H28O7. The van der Waals surface area contributed by atoms with Gasteiger partial charge in [-0.2, -0.15) is 0 Å². The Bertz CT molecular complexity index is 887. The minimum atomic E-state index is -0.749. The van der Waals surface area contributed by atoms with Crippen LogP contribution in [0.2, 0.25) is 0 Å². The van der Waals surface area contributed by atoms with Gasteiger partial charge in [-0.1, -0.05) is 54.6 Å². The highest BCUT2D eigenvalue weighted by atomic mass is 16.6. The van der Waals surface area contributed by atoms with Gasteiger partial charge in [0.2, 0.25) is 0 Å². The molecule has 1 aromatic carbocycles. The molecule has 2 aliphatic rings. The molecule has 0 spiro atoms. The Balaban J connectivity index is 1.74. The molecule has 0 N–H and O–H groups in total. The van der Waals surface area contributed by atoms with Crippen LogP contribution in [0.1, 0.15) is 38.7 Å². The minimum absolute atomic E-state index is 0.275. The lowest BCUT2D eigenvalue weighted by atomic mass is 9.94. The van der Waals surface area contributed by atoms with Crippen molar-refractivity contribution in [1.29, 1.82) is 0 Å². The lowest BCUT2D eigenvalue weighted by Gasteiger charge is -2.39. The van der Waals surface area contributed by atoms with E-state index in [1.165, 1.54) is 19.9 Å². The third kappa shape index (κ3) is 7.20. The number of benzene rings is 1. The highest BCUT2D eigenvalue weighted by Crippen LogP contribution is 2.29. The summed E-state index contributed by atoms with van der Waals surface area (Å²) in [5.74, 6) is -1.28. The van der Waals surface area contributed by atoms with Crippen LogP contribution in [0.5, 0.6) is 0 Å². The molecule has 1 aromatic rings. The third-order valence-electron chi connectivity index (χ3n) is 5.07. The molecular weight excluding hydrogens is 412 g/mol. The van der Waals surface area contributed by atoms with Crippen LogP contribution in [-0.2, 0) is 33.3 Å². The summed E-state index contributed by atoms with van der Waals surface area (Å²) in [6.07, 6.45) is 9.61. The fraction of sp³-hybridized carbons (Fsp3) is 0.400. The van der Waals surface area contributed by atoms with Crippen LogP contribution < -0.4 is 0 Å². The first kappa shape index (κ1) is 23.5.